The van der Waals surface area contributed by atoms with Gasteiger partial charge in [-0.25, -0.2) is 9.97 Å². The summed E-state index contributed by atoms with van der Waals surface area (Å²) in [5.74, 6) is 1.58. The highest BCUT2D eigenvalue weighted by Gasteiger charge is 2.04. The number of hydrogen-bond donors (Lipinski definition) is 2. The highest BCUT2D eigenvalue weighted by Crippen LogP contribution is 2.18. The molecule has 0 amide bonds. The van der Waals surface area contributed by atoms with Gasteiger partial charge in [0, 0.05) is 19.2 Å². The Hall–Kier alpha value is -2.26. The Bertz CT molecular complexity index is 651. The molecule has 2 aromatic rings. The molecule has 0 aliphatic heterocycles. The molecule has 0 atom stereocenters. The quantitative estimate of drug-likeness (QED) is 0.630. The van der Waals surface area contributed by atoms with Crippen LogP contribution in [0, 0.1) is 11.3 Å². The van der Waals surface area contributed by atoms with Crippen LogP contribution in [0.4, 0.5) is 11.6 Å². The zero-order valence-electron chi connectivity index (χ0n) is 12.1. The van der Waals surface area contributed by atoms with E-state index in [0.717, 1.165) is 28.9 Å². The van der Waals surface area contributed by atoms with Gasteiger partial charge in [-0.15, -0.1) is 0 Å². The Morgan fingerprint density at radius 1 is 1.19 bits per heavy atom. The van der Waals surface area contributed by atoms with E-state index in [2.05, 4.69) is 26.7 Å². The minimum Gasteiger partial charge on any atom is -0.370 e. The SMILES string of the molecule is CCNc1cc(NCc2cccc(C#N)c2)nc(SC)n1. The van der Waals surface area contributed by atoms with Crippen molar-refractivity contribution in [1.29, 1.82) is 5.26 Å². The van der Waals surface area contributed by atoms with E-state index in [4.69, 9.17) is 5.26 Å². The molecule has 0 unspecified atom stereocenters. The fourth-order valence-corrected chi connectivity index (χ4v) is 2.20. The summed E-state index contributed by atoms with van der Waals surface area (Å²) in [7, 11) is 0. The van der Waals surface area contributed by atoms with Gasteiger partial charge in [0.25, 0.3) is 0 Å². The number of thioether (sulfide) groups is 1. The van der Waals surface area contributed by atoms with E-state index in [0.29, 0.717) is 12.1 Å². The number of nitriles is 1. The molecule has 5 nitrogen and oxygen atoms in total. The summed E-state index contributed by atoms with van der Waals surface area (Å²) < 4.78 is 0. The van der Waals surface area contributed by atoms with E-state index in [-0.39, 0.29) is 0 Å². The van der Waals surface area contributed by atoms with Crippen LogP contribution >= 0.6 is 11.8 Å². The van der Waals surface area contributed by atoms with Gasteiger partial charge in [0.15, 0.2) is 5.16 Å². The minimum absolute atomic E-state index is 0.617. The van der Waals surface area contributed by atoms with Crippen molar-refractivity contribution in [3.63, 3.8) is 0 Å². The zero-order valence-corrected chi connectivity index (χ0v) is 12.9. The molecule has 1 heterocycles. The smallest absolute Gasteiger partial charge is 0.191 e. The average Bonchev–Trinajstić information content (AvgIpc) is 2.53. The number of rotatable bonds is 6. The Balaban J connectivity index is 2.11. The molecule has 1 aromatic carbocycles. The average molecular weight is 299 g/mol. The second-order valence-electron chi connectivity index (χ2n) is 4.32. The van der Waals surface area contributed by atoms with Crippen LogP contribution in [0.2, 0.25) is 0 Å². The molecule has 0 fully saturated rings. The van der Waals surface area contributed by atoms with Crippen molar-refractivity contribution in [2.45, 2.75) is 18.6 Å². The molecule has 0 spiro atoms. The number of nitrogens with zero attached hydrogens (tertiary/aromatic N) is 3. The fraction of sp³-hybridized carbons (Fsp3) is 0.267. The van der Waals surface area contributed by atoms with Crippen molar-refractivity contribution in [3.8, 4) is 6.07 Å². The lowest BCUT2D eigenvalue weighted by molar-refractivity contribution is 0.950. The van der Waals surface area contributed by atoms with Gasteiger partial charge in [0.1, 0.15) is 11.6 Å². The molecule has 0 aliphatic carbocycles. The van der Waals surface area contributed by atoms with E-state index in [1.165, 1.54) is 11.8 Å². The van der Waals surface area contributed by atoms with E-state index in [1.54, 1.807) is 6.07 Å². The third-order valence-corrected chi connectivity index (χ3v) is 3.32. The summed E-state index contributed by atoms with van der Waals surface area (Å²) in [5.41, 5.74) is 1.71. The summed E-state index contributed by atoms with van der Waals surface area (Å²) >= 11 is 1.51. The first kappa shape index (κ1) is 15.1. The van der Waals surface area contributed by atoms with Crippen LogP contribution in [0.3, 0.4) is 0 Å². The topological polar surface area (TPSA) is 73.6 Å². The number of aromatic nitrogens is 2. The van der Waals surface area contributed by atoms with Crippen LogP contribution < -0.4 is 10.6 Å². The maximum atomic E-state index is 8.91. The van der Waals surface area contributed by atoms with Crippen molar-refractivity contribution in [1.82, 2.24) is 9.97 Å². The van der Waals surface area contributed by atoms with Gasteiger partial charge >= 0.3 is 0 Å². The zero-order chi connectivity index (χ0) is 15.1. The van der Waals surface area contributed by atoms with Crippen molar-refractivity contribution in [2.24, 2.45) is 0 Å². The third kappa shape index (κ3) is 4.36. The van der Waals surface area contributed by atoms with Crippen molar-refractivity contribution in [2.75, 3.05) is 23.4 Å². The van der Waals surface area contributed by atoms with Crippen LogP contribution in [0.25, 0.3) is 0 Å². The van der Waals surface area contributed by atoms with Gasteiger partial charge in [-0.3, -0.25) is 0 Å². The molecule has 2 N–H and O–H groups in total. The Morgan fingerprint density at radius 3 is 2.62 bits per heavy atom. The van der Waals surface area contributed by atoms with Crippen molar-refractivity contribution >= 4 is 23.4 Å². The molecular weight excluding hydrogens is 282 g/mol. The largest absolute Gasteiger partial charge is 0.370 e. The summed E-state index contributed by atoms with van der Waals surface area (Å²) in [4.78, 5) is 8.81. The van der Waals surface area contributed by atoms with Crippen LogP contribution in [0.1, 0.15) is 18.1 Å². The molecule has 21 heavy (non-hydrogen) atoms. The van der Waals surface area contributed by atoms with Crippen LogP contribution in [0.5, 0.6) is 0 Å². The number of anilines is 2. The third-order valence-electron chi connectivity index (χ3n) is 2.78. The second kappa shape index (κ2) is 7.50. The fourth-order valence-electron chi connectivity index (χ4n) is 1.82. The summed E-state index contributed by atoms with van der Waals surface area (Å²) in [5, 5.41) is 16.1. The molecular formula is C15H17N5S. The lowest BCUT2D eigenvalue weighted by Crippen LogP contribution is -2.06. The van der Waals surface area contributed by atoms with Crippen LogP contribution in [-0.4, -0.2) is 22.8 Å². The van der Waals surface area contributed by atoms with Gasteiger partial charge in [-0.1, -0.05) is 23.9 Å². The lowest BCUT2D eigenvalue weighted by Gasteiger charge is -2.10. The van der Waals surface area contributed by atoms with Crippen LogP contribution in [-0.2, 0) is 6.54 Å². The molecule has 0 aliphatic rings. The number of benzene rings is 1. The molecule has 1 aromatic heterocycles. The van der Waals surface area contributed by atoms with Gasteiger partial charge in [0.2, 0.25) is 0 Å². The Labute approximate surface area is 128 Å². The highest BCUT2D eigenvalue weighted by molar-refractivity contribution is 7.98. The minimum atomic E-state index is 0.617. The predicted molar refractivity (Wildman–Crippen MR) is 86.5 cm³/mol. The van der Waals surface area contributed by atoms with Gasteiger partial charge in [0.05, 0.1) is 11.6 Å². The lowest BCUT2D eigenvalue weighted by atomic mass is 10.1. The number of nitrogens with one attached hydrogen (secondary N) is 2. The molecule has 2 rings (SSSR count). The Kier molecular flexibility index (Phi) is 5.41. The normalized spacial score (nSPS) is 9.95. The standard InChI is InChI=1S/C15H17N5S/c1-3-17-13-8-14(20-15(19-13)21-2)18-10-12-6-4-5-11(7-12)9-16/h4-8H,3,10H2,1-2H3,(H2,17,18,19,20). The first-order valence-corrected chi connectivity index (χ1v) is 7.87. The number of hydrogen-bond acceptors (Lipinski definition) is 6. The molecule has 108 valence electrons. The van der Waals surface area contributed by atoms with E-state index < -0.39 is 0 Å². The highest BCUT2D eigenvalue weighted by atomic mass is 32.2. The predicted octanol–water partition coefficient (Wildman–Crippen LogP) is 3.11. The van der Waals surface area contributed by atoms with Crippen molar-refractivity contribution < 1.29 is 0 Å². The first-order valence-electron chi connectivity index (χ1n) is 6.65. The maximum absolute atomic E-state index is 8.91. The van der Waals surface area contributed by atoms with E-state index in [1.807, 2.05) is 37.4 Å². The molecule has 0 bridgehead atoms. The van der Waals surface area contributed by atoms with Gasteiger partial charge in [-0.2, -0.15) is 5.26 Å². The molecule has 0 saturated heterocycles. The van der Waals surface area contributed by atoms with E-state index >= 15 is 0 Å². The van der Waals surface area contributed by atoms with Crippen molar-refractivity contribution in [3.05, 3.63) is 41.5 Å². The van der Waals surface area contributed by atoms with Crippen LogP contribution in [0.15, 0.2) is 35.5 Å². The molecule has 0 radical (unpaired) electrons. The summed E-state index contributed by atoms with van der Waals surface area (Å²) in [6, 6.07) is 11.6. The summed E-state index contributed by atoms with van der Waals surface area (Å²) in [6.07, 6.45) is 1.95. The second-order valence-corrected chi connectivity index (χ2v) is 5.09. The van der Waals surface area contributed by atoms with Gasteiger partial charge in [-0.05, 0) is 30.9 Å². The maximum Gasteiger partial charge on any atom is 0.191 e. The van der Waals surface area contributed by atoms with Gasteiger partial charge < -0.3 is 10.6 Å². The summed E-state index contributed by atoms with van der Waals surface area (Å²) in [6.45, 7) is 3.46. The van der Waals surface area contributed by atoms with E-state index in [9.17, 15) is 0 Å². The monoisotopic (exact) mass is 299 g/mol. The molecule has 6 heteroatoms. The Morgan fingerprint density at radius 2 is 1.95 bits per heavy atom. The molecule has 0 saturated carbocycles. The first-order chi connectivity index (χ1) is 10.2.